The van der Waals surface area contributed by atoms with Crippen LogP contribution in [0.15, 0.2) is 18.2 Å². The lowest BCUT2D eigenvalue weighted by molar-refractivity contribution is 0.296. The van der Waals surface area contributed by atoms with Crippen LogP contribution in [0.25, 0.3) is 0 Å². The lowest BCUT2D eigenvalue weighted by Gasteiger charge is -2.12. The van der Waals surface area contributed by atoms with Crippen LogP contribution in [0, 0.1) is 6.92 Å². The van der Waals surface area contributed by atoms with Crippen molar-refractivity contribution in [3.8, 4) is 11.5 Å². The molecule has 3 nitrogen and oxygen atoms in total. The van der Waals surface area contributed by atoms with E-state index < -0.39 is 11.1 Å². The first-order valence-corrected chi connectivity index (χ1v) is 10.2. The maximum absolute atomic E-state index is 11.9. The van der Waals surface area contributed by atoms with E-state index in [2.05, 4.69) is 13.8 Å². The van der Waals surface area contributed by atoms with Crippen molar-refractivity contribution >= 4 is 11.1 Å². The summed E-state index contributed by atoms with van der Waals surface area (Å²) in [7, 11) is 0. The minimum Gasteiger partial charge on any atom is -0.490 e. The lowest BCUT2D eigenvalue weighted by atomic mass is 10.1. The predicted molar refractivity (Wildman–Crippen MR) is 98.6 cm³/mol. The Hall–Kier alpha value is -1.03. The first kappa shape index (κ1) is 20.0. The smallest absolute Gasteiger partial charge is 0.206 e. The second kappa shape index (κ2) is 12.4. The van der Waals surface area contributed by atoms with Crippen LogP contribution in [0.5, 0.6) is 11.5 Å². The SMILES string of the molecule is CCCCCCCCOc1ccc(C)cc1OS(=O)CCCC. The van der Waals surface area contributed by atoms with Crippen molar-refractivity contribution in [2.45, 2.75) is 72.1 Å². The highest BCUT2D eigenvalue weighted by Crippen LogP contribution is 2.29. The summed E-state index contributed by atoms with van der Waals surface area (Å²) >= 11 is -1.28. The van der Waals surface area contributed by atoms with Crippen LogP contribution in [0.4, 0.5) is 0 Å². The Morgan fingerprint density at radius 3 is 2.35 bits per heavy atom. The van der Waals surface area contributed by atoms with Crippen molar-refractivity contribution < 1.29 is 13.1 Å². The molecule has 0 heterocycles. The van der Waals surface area contributed by atoms with Gasteiger partial charge in [0.05, 0.1) is 12.4 Å². The molecule has 0 bridgehead atoms. The lowest BCUT2D eigenvalue weighted by Crippen LogP contribution is -2.07. The molecule has 0 aliphatic rings. The summed E-state index contributed by atoms with van der Waals surface area (Å²) in [6, 6.07) is 5.82. The average molecular weight is 341 g/mol. The van der Waals surface area contributed by atoms with E-state index in [0.717, 1.165) is 24.8 Å². The molecular formula is C19H32O3S. The number of unbranched alkanes of at least 4 members (excludes halogenated alkanes) is 6. The maximum Gasteiger partial charge on any atom is 0.206 e. The van der Waals surface area contributed by atoms with E-state index in [1.807, 2.05) is 25.1 Å². The molecule has 1 aromatic rings. The van der Waals surface area contributed by atoms with Gasteiger partial charge in [0.2, 0.25) is 11.1 Å². The van der Waals surface area contributed by atoms with Gasteiger partial charge in [-0.15, -0.1) is 0 Å². The summed E-state index contributed by atoms with van der Waals surface area (Å²) in [5.41, 5.74) is 1.08. The minimum atomic E-state index is -1.28. The molecule has 0 aromatic heterocycles. The van der Waals surface area contributed by atoms with Gasteiger partial charge in [-0.3, -0.25) is 0 Å². The quantitative estimate of drug-likeness (QED) is 0.440. The van der Waals surface area contributed by atoms with Gasteiger partial charge in [0.1, 0.15) is 0 Å². The fourth-order valence-electron chi connectivity index (χ4n) is 2.27. The van der Waals surface area contributed by atoms with Crippen LogP contribution >= 0.6 is 0 Å². The zero-order valence-electron chi connectivity index (χ0n) is 14.9. The molecule has 132 valence electrons. The number of aryl methyl sites for hydroxylation is 1. The fourth-order valence-corrected chi connectivity index (χ4v) is 3.21. The number of hydrogen-bond acceptors (Lipinski definition) is 3. The summed E-state index contributed by atoms with van der Waals surface area (Å²) in [5.74, 6) is 1.88. The average Bonchev–Trinajstić information content (AvgIpc) is 2.54. The molecule has 23 heavy (non-hydrogen) atoms. The van der Waals surface area contributed by atoms with Gasteiger partial charge in [0, 0.05) is 0 Å². The van der Waals surface area contributed by atoms with Gasteiger partial charge in [0.25, 0.3) is 0 Å². The highest BCUT2D eigenvalue weighted by atomic mass is 32.2. The zero-order chi connectivity index (χ0) is 16.9. The van der Waals surface area contributed by atoms with Gasteiger partial charge in [-0.25, -0.2) is 4.21 Å². The Kier molecular flexibility index (Phi) is 10.8. The van der Waals surface area contributed by atoms with E-state index in [4.69, 9.17) is 8.92 Å². The summed E-state index contributed by atoms with van der Waals surface area (Å²) in [5, 5.41) is 0. The Bertz CT molecular complexity index is 460. The van der Waals surface area contributed by atoms with Crippen LogP contribution in [-0.2, 0) is 11.1 Å². The Balaban J connectivity index is 2.43. The topological polar surface area (TPSA) is 35.5 Å². The van der Waals surface area contributed by atoms with Crippen molar-refractivity contribution in [3.63, 3.8) is 0 Å². The monoisotopic (exact) mass is 340 g/mol. The summed E-state index contributed by atoms with van der Waals surface area (Å²) in [6.45, 7) is 7.00. The van der Waals surface area contributed by atoms with Crippen molar-refractivity contribution in [1.29, 1.82) is 0 Å². The third-order valence-corrected chi connectivity index (χ3v) is 4.69. The van der Waals surface area contributed by atoms with Crippen molar-refractivity contribution in [2.75, 3.05) is 12.4 Å². The molecule has 0 radical (unpaired) electrons. The van der Waals surface area contributed by atoms with E-state index in [1.54, 1.807) is 0 Å². The minimum absolute atomic E-state index is 0.571. The van der Waals surface area contributed by atoms with Gasteiger partial charge < -0.3 is 8.92 Å². The van der Waals surface area contributed by atoms with E-state index in [9.17, 15) is 4.21 Å². The van der Waals surface area contributed by atoms with Crippen LogP contribution in [0.2, 0.25) is 0 Å². The molecule has 1 unspecified atom stereocenters. The van der Waals surface area contributed by atoms with Gasteiger partial charge >= 0.3 is 0 Å². The van der Waals surface area contributed by atoms with E-state index >= 15 is 0 Å². The molecule has 0 saturated heterocycles. The number of ether oxygens (including phenoxy) is 1. The Morgan fingerprint density at radius 1 is 0.913 bits per heavy atom. The zero-order valence-corrected chi connectivity index (χ0v) is 15.8. The molecule has 1 aromatic carbocycles. The van der Waals surface area contributed by atoms with Crippen LogP contribution < -0.4 is 8.92 Å². The summed E-state index contributed by atoms with van der Waals surface area (Å²) in [4.78, 5) is 0. The van der Waals surface area contributed by atoms with Crippen LogP contribution in [0.3, 0.4) is 0 Å². The second-order valence-corrected chi connectivity index (χ2v) is 7.19. The molecular weight excluding hydrogens is 308 g/mol. The third-order valence-electron chi connectivity index (χ3n) is 3.70. The molecule has 0 amide bonds. The molecule has 0 aliphatic heterocycles. The molecule has 0 fully saturated rings. The second-order valence-electron chi connectivity index (χ2n) is 6.01. The number of rotatable bonds is 13. The first-order valence-electron chi connectivity index (χ1n) is 8.97. The largest absolute Gasteiger partial charge is 0.490 e. The highest BCUT2D eigenvalue weighted by molar-refractivity contribution is 7.80. The first-order chi connectivity index (χ1) is 11.2. The molecule has 1 rings (SSSR count). The maximum atomic E-state index is 11.9. The van der Waals surface area contributed by atoms with Gasteiger partial charge in [0.15, 0.2) is 11.5 Å². The standard InChI is InChI=1S/C19H32O3S/c1-4-6-8-9-10-11-14-21-18-13-12-17(3)16-19(18)22-23(20)15-7-5-2/h12-13,16H,4-11,14-15H2,1-3H3. The van der Waals surface area contributed by atoms with E-state index in [-0.39, 0.29) is 0 Å². The Labute approximate surface area is 144 Å². The van der Waals surface area contributed by atoms with Gasteiger partial charge in [-0.2, -0.15) is 0 Å². The van der Waals surface area contributed by atoms with Gasteiger partial charge in [-0.1, -0.05) is 58.4 Å². The molecule has 0 N–H and O–H groups in total. The van der Waals surface area contributed by atoms with Crippen molar-refractivity contribution in [1.82, 2.24) is 0 Å². The third kappa shape index (κ3) is 8.99. The number of hydrogen-bond donors (Lipinski definition) is 0. The van der Waals surface area contributed by atoms with Crippen LogP contribution in [-0.4, -0.2) is 16.6 Å². The summed E-state index contributed by atoms with van der Waals surface area (Å²) in [6.07, 6.45) is 9.36. The predicted octanol–water partition coefficient (Wildman–Crippen LogP) is 5.58. The highest BCUT2D eigenvalue weighted by Gasteiger charge is 2.10. The van der Waals surface area contributed by atoms with Crippen molar-refractivity contribution in [2.24, 2.45) is 0 Å². The van der Waals surface area contributed by atoms with Crippen molar-refractivity contribution in [3.05, 3.63) is 23.8 Å². The molecule has 0 aliphatic carbocycles. The van der Waals surface area contributed by atoms with E-state index in [1.165, 1.54) is 32.1 Å². The molecule has 0 saturated carbocycles. The molecule has 4 heteroatoms. The van der Waals surface area contributed by atoms with Gasteiger partial charge in [-0.05, 0) is 37.5 Å². The summed E-state index contributed by atoms with van der Waals surface area (Å²) < 4.78 is 23.4. The fraction of sp³-hybridized carbons (Fsp3) is 0.684. The number of benzene rings is 1. The van der Waals surface area contributed by atoms with Crippen LogP contribution in [0.1, 0.15) is 70.8 Å². The van der Waals surface area contributed by atoms with E-state index in [0.29, 0.717) is 23.9 Å². The molecule has 1 atom stereocenters. The normalized spacial score (nSPS) is 12.1. The molecule has 0 spiro atoms. The Morgan fingerprint density at radius 2 is 1.61 bits per heavy atom.